The summed E-state index contributed by atoms with van der Waals surface area (Å²) in [5.74, 6) is 0.805. The van der Waals surface area contributed by atoms with E-state index in [0.29, 0.717) is 0 Å². The Morgan fingerprint density at radius 2 is 1.52 bits per heavy atom. The summed E-state index contributed by atoms with van der Waals surface area (Å²) in [7, 11) is 2.24. The van der Waals surface area contributed by atoms with Crippen molar-refractivity contribution >= 4 is 59.8 Å². The Bertz CT molecular complexity index is 2110. The monoisotopic (exact) mass is 523 g/mol. The SMILES string of the molecule is Cc1c2ccccc2c(CC(C)(C)C)c2c1c1c3c(cc[n+]1C)cc(CC1CCCC1)c1c4ccccc4n2c13. The van der Waals surface area contributed by atoms with Crippen molar-refractivity contribution < 1.29 is 4.57 Å². The van der Waals surface area contributed by atoms with E-state index in [2.05, 4.69) is 111 Å². The first-order chi connectivity index (χ1) is 19.3. The highest BCUT2D eigenvalue weighted by molar-refractivity contribution is 6.29. The minimum absolute atomic E-state index is 0.159. The molecule has 0 radical (unpaired) electrons. The average Bonchev–Trinajstić information content (AvgIpc) is 3.57. The summed E-state index contributed by atoms with van der Waals surface area (Å²) in [4.78, 5) is 0. The molecular formula is C38H39N2+. The second-order valence-electron chi connectivity index (χ2n) is 13.8. The van der Waals surface area contributed by atoms with Crippen molar-refractivity contribution in [3.8, 4) is 0 Å². The summed E-state index contributed by atoms with van der Waals surface area (Å²) in [6.45, 7) is 9.50. The Hall–Kier alpha value is -3.65. The molecule has 1 fully saturated rings. The van der Waals surface area contributed by atoms with E-state index in [-0.39, 0.29) is 5.41 Å². The van der Waals surface area contributed by atoms with Crippen LogP contribution in [0.25, 0.3) is 59.8 Å². The van der Waals surface area contributed by atoms with Gasteiger partial charge in [0.15, 0.2) is 6.20 Å². The lowest BCUT2D eigenvalue weighted by Crippen LogP contribution is -2.29. The lowest BCUT2D eigenvalue weighted by atomic mass is 9.83. The Morgan fingerprint density at radius 3 is 2.27 bits per heavy atom. The van der Waals surface area contributed by atoms with Crippen LogP contribution in [0.4, 0.5) is 0 Å². The second-order valence-corrected chi connectivity index (χ2v) is 13.8. The van der Waals surface area contributed by atoms with Crippen molar-refractivity contribution in [3.63, 3.8) is 0 Å². The van der Waals surface area contributed by atoms with Crippen LogP contribution in [0.1, 0.15) is 63.1 Å². The van der Waals surface area contributed by atoms with Crippen molar-refractivity contribution in [1.82, 2.24) is 4.40 Å². The largest absolute Gasteiger partial charge is 0.307 e. The molecule has 3 heterocycles. The van der Waals surface area contributed by atoms with E-state index < -0.39 is 0 Å². The van der Waals surface area contributed by atoms with Gasteiger partial charge < -0.3 is 4.40 Å². The van der Waals surface area contributed by atoms with E-state index >= 15 is 0 Å². The minimum atomic E-state index is 0.159. The summed E-state index contributed by atoms with van der Waals surface area (Å²) >= 11 is 0. The number of rotatable bonds is 3. The Morgan fingerprint density at radius 1 is 0.825 bits per heavy atom. The van der Waals surface area contributed by atoms with Gasteiger partial charge in [0.2, 0.25) is 5.52 Å². The van der Waals surface area contributed by atoms with Crippen LogP contribution in [0.5, 0.6) is 0 Å². The molecule has 0 spiro atoms. The highest BCUT2D eigenvalue weighted by Crippen LogP contribution is 2.46. The number of nitrogens with zero attached hydrogens (tertiary/aromatic N) is 2. The van der Waals surface area contributed by atoms with Gasteiger partial charge in [-0.1, -0.05) is 88.9 Å². The van der Waals surface area contributed by atoms with Crippen LogP contribution in [-0.4, -0.2) is 4.40 Å². The van der Waals surface area contributed by atoms with Crippen LogP contribution in [-0.2, 0) is 19.9 Å². The predicted molar refractivity (Wildman–Crippen MR) is 171 cm³/mol. The van der Waals surface area contributed by atoms with Crippen molar-refractivity contribution in [2.75, 3.05) is 0 Å². The van der Waals surface area contributed by atoms with Crippen LogP contribution in [0.15, 0.2) is 66.9 Å². The molecule has 2 nitrogen and oxygen atoms in total. The molecule has 0 atom stereocenters. The lowest BCUT2D eigenvalue weighted by Gasteiger charge is -2.24. The first-order valence-electron chi connectivity index (χ1n) is 15.2. The van der Waals surface area contributed by atoms with E-state index in [1.54, 1.807) is 5.56 Å². The number of hydrogen-bond donors (Lipinski definition) is 0. The molecule has 1 aliphatic rings. The highest BCUT2D eigenvalue weighted by atomic mass is 15.0. The van der Waals surface area contributed by atoms with Crippen molar-refractivity contribution in [3.05, 3.63) is 83.6 Å². The lowest BCUT2D eigenvalue weighted by molar-refractivity contribution is -0.643. The second kappa shape index (κ2) is 8.43. The summed E-state index contributed by atoms with van der Waals surface area (Å²) < 4.78 is 5.08. The fraction of sp³-hybridized carbons (Fsp3) is 0.342. The standard InChI is InChI=1S/C38H39N2/c1-23-27-14-8-9-15-28(27)30(22-38(2,3)4)35-32(23)36-34-25(18-19-39(36)5)21-26(20-24-12-6-7-13-24)33-29-16-10-11-17-31(29)40(35)37(33)34/h8-11,14-19,21,24H,6-7,12-13,20,22H2,1-5H3/q+1. The number of para-hydroxylation sites is 1. The van der Waals surface area contributed by atoms with Gasteiger partial charge in [0.25, 0.3) is 0 Å². The average molecular weight is 524 g/mol. The quantitative estimate of drug-likeness (QED) is 0.124. The summed E-state index contributed by atoms with van der Waals surface area (Å²) in [6.07, 6.45) is 10.0. The molecular weight excluding hydrogens is 484 g/mol. The first-order valence-corrected chi connectivity index (χ1v) is 15.2. The van der Waals surface area contributed by atoms with E-state index in [0.717, 1.165) is 12.3 Å². The van der Waals surface area contributed by atoms with E-state index in [9.17, 15) is 0 Å². The Balaban J connectivity index is 1.70. The molecule has 200 valence electrons. The van der Waals surface area contributed by atoms with E-state index in [1.165, 1.54) is 103 Å². The van der Waals surface area contributed by atoms with Crippen LogP contribution in [0.2, 0.25) is 0 Å². The maximum atomic E-state index is 2.69. The van der Waals surface area contributed by atoms with Gasteiger partial charge >= 0.3 is 0 Å². The van der Waals surface area contributed by atoms with Crippen LogP contribution >= 0.6 is 0 Å². The van der Waals surface area contributed by atoms with Crippen LogP contribution < -0.4 is 4.57 Å². The third-order valence-corrected chi connectivity index (χ3v) is 9.82. The van der Waals surface area contributed by atoms with E-state index in [4.69, 9.17) is 0 Å². The molecule has 40 heavy (non-hydrogen) atoms. The van der Waals surface area contributed by atoms with Crippen LogP contribution in [0, 0.1) is 18.3 Å². The van der Waals surface area contributed by atoms with Gasteiger partial charge in [-0.05, 0) is 76.1 Å². The summed E-state index contributed by atoms with van der Waals surface area (Å²) in [5, 5.41) is 9.88. The van der Waals surface area contributed by atoms with Crippen molar-refractivity contribution in [2.24, 2.45) is 18.4 Å². The predicted octanol–water partition coefficient (Wildman–Crippen LogP) is 9.60. The van der Waals surface area contributed by atoms with Gasteiger partial charge in [-0.3, -0.25) is 0 Å². The Labute approximate surface area is 236 Å². The smallest absolute Gasteiger partial charge is 0.224 e. The molecule has 8 rings (SSSR count). The van der Waals surface area contributed by atoms with Crippen molar-refractivity contribution in [1.29, 1.82) is 0 Å². The Kier molecular flexibility index (Phi) is 5.09. The molecule has 0 amide bonds. The van der Waals surface area contributed by atoms with Gasteiger partial charge in [-0.15, -0.1) is 0 Å². The van der Waals surface area contributed by atoms with Gasteiger partial charge in [-0.25, -0.2) is 4.57 Å². The topological polar surface area (TPSA) is 8.29 Å². The zero-order valence-electron chi connectivity index (χ0n) is 24.6. The normalized spacial score (nSPS) is 15.3. The summed E-state index contributed by atoms with van der Waals surface area (Å²) in [6, 6.07) is 23.2. The molecule has 4 aromatic carbocycles. The fourth-order valence-corrected chi connectivity index (χ4v) is 8.22. The number of pyridine rings is 2. The molecule has 1 saturated carbocycles. The van der Waals surface area contributed by atoms with E-state index in [1.807, 2.05) is 0 Å². The zero-order chi connectivity index (χ0) is 27.3. The molecule has 0 N–H and O–H groups in total. The molecule has 1 aliphatic carbocycles. The van der Waals surface area contributed by atoms with Gasteiger partial charge in [0.1, 0.15) is 7.05 Å². The van der Waals surface area contributed by atoms with Gasteiger partial charge in [0, 0.05) is 16.8 Å². The number of aryl methyl sites for hydroxylation is 2. The molecule has 2 heteroatoms. The maximum absolute atomic E-state index is 2.69. The van der Waals surface area contributed by atoms with Gasteiger partial charge in [-0.2, -0.15) is 0 Å². The highest BCUT2D eigenvalue weighted by Gasteiger charge is 2.30. The molecule has 0 unspecified atom stereocenters. The molecule has 7 aromatic rings. The third-order valence-electron chi connectivity index (χ3n) is 9.82. The van der Waals surface area contributed by atoms with Crippen molar-refractivity contribution in [2.45, 2.75) is 66.2 Å². The number of aromatic nitrogens is 2. The summed E-state index contributed by atoms with van der Waals surface area (Å²) in [5.41, 5.74) is 10.1. The number of hydrogen-bond acceptors (Lipinski definition) is 0. The number of fused-ring (bicyclic) bond motifs is 7. The minimum Gasteiger partial charge on any atom is -0.307 e. The van der Waals surface area contributed by atoms with Gasteiger partial charge in [0.05, 0.1) is 27.3 Å². The zero-order valence-corrected chi connectivity index (χ0v) is 24.6. The first kappa shape index (κ1) is 24.2. The maximum Gasteiger partial charge on any atom is 0.224 e. The third kappa shape index (κ3) is 3.32. The molecule has 0 saturated heterocycles. The molecule has 0 aliphatic heterocycles. The fourth-order valence-electron chi connectivity index (χ4n) is 8.22. The van der Waals surface area contributed by atoms with Crippen LogP contribution in [0.3, 0.4) is 0 Å². The molecule has 0 bridgehead atoms. The molecule has 3 aromatic heterocycles. The number of benzene rings is 4.